The van der Waals surface area contributed by atoms with Crippen molar-refractivity contribution in [2.45, 2.75) is 13.8 Å². The minimum Gasteiger partial charge on any atom is -0.501 e. The Morgan fingerprint density at radius 2 is 2.04 bits per heavy atom. The number of para-hydroxylation sites is 1. The molecule has 2 N–H and O–H groups in total. The van der Waals surface area contributed by atoms with Crippen molar-refractivity contribution in [3.05, 3.63) is 56.5 Å². The van der Waals surface area contributed by atoms with Gasteiger partial charge in [0, 0.05) is 6.08 Å². The van der Waals surface area contributed by atoms with Gasteiger partial charge in [-0.3, -0.25) is 14.7 Å². The molecular formula is C15H15Cl2N3O3. The van der Waals surface area contributed by atoms with Gasteiger partial charge in [-0.2, -0.15) is 0 Å². The minimum atomic E-state index is -0.430. The van der Waals surface area contributed by atoms with Crippen molar-refractivity contribution < 1.29 is 9.53 Å². The number of aromatic nitrogens is 2. The van der Waals surface area contributed by atoms with E-state index in [0.717, 1.165) is 0 Å². The molecule has 6 nitrogen and oxygen atoms in total. The number of hydrogen-bond donors (Lipinski definition) is 2. The van der Waals surface area contributed by atoms with Crippen LogP contribution in [-0.2, 0) is 9.53 Å². The first-order chi connectivity index (χ1) is 11.0. The van der Waals surface area contributed by atoms with Crippen molar-refractivity contribution in [2.75, 3.05) is 11.9 Å². The van der Waals surface area contributed by atoms with Crippen LogP contribution in [0.3, 0.4) is 0 Å². The normalized spacial score (nSPS) is 11.0. The van der Waals surface area contributed by atoms with Crippen LogP contribution in [-0.4, -0.2) is 22.3 Å². The van der Waals surface area contributed by atoms with E-state index in [4.69, 9.17) is 27.9 Å². The highest BCUT2D eigenvalue weighted by atomic mass is 35.5. The molecule has 0 unspecified atom stereocenters. The van der Waals surface area contributed by atoms with Crippen LogP contribution in [0, 0.1) is 6.92 Å². The van der Waals surface area contributed by atoms with E-state index in [0.29, 0.717) is 27.9 Å². The van der Waals surface area contributed by atoms with E-state index in [-0.39, 0.29) is 11.4 Å². The molecule has 0 aliphatic heterocycles. The molecule has 8 heteroatoms. The topological polar surface area (TPSA) is 76.1 Å². The van der Waals surface area contributed by atoms with Crippen molar-refractivity contribution in [1.29, 1.82) is 0 Å². The van der Waals surface area contributed by atoms with Crippen LogP contribution in [0.25, 0.3) is 5.69 Å². The zero-order valence-electron chi connectivity index (χ0n) is 12.5. The van der Waals surface area contributed by atoms with E-state index in [1.54, 1.807) is 32.0 Å². The number of amides is 1. The number of aromatic amines is 1. The van der Waals surface area contributed by atoms with E-state index in [2.05, 4.69) is 10.4 Å². The summed E-state index contributed by atoms with van der Waals surface area (Å²) in [7, 11) is 0. The third-order valence-electron chi connectivity index (χ3n) is 3.01. The van der Waals surface area contributed by atoms with Gasteiger partial charge in [-0.05, 0) is 26.0 Å². The van der Waals surface area contributed by atoms with Crippen LogP contribution in [0.1, 0.15) is 12.5 Å². The van der Waals surface area contributed by atoms with Gasteiger partial charge in [-0.15, -0.1) is 0 Å². The molecular weight excluding hydrogens is 341 g/mol. The second-order valence-electron chi connectivity index (χ2n) is 4.57. The van der Waals surface area contributed by atoms with Crippen molar-refractivity contribution in [3.63, 3.8) is 0 Å². The average molecular weight is 356 g/mol. The Morgan fingerprint density at radius 1 is 1.39 bits per heavy atom. The number of hydrogen-bond acceptors (Lipinski definition) is 3. The quantitative estimate of drug-likeness (QED) is 0.638. The lowest BCUT2D eigenvalue weighted by molar-refractivity contribution is -0.112. The Hall–Kier alpha value is -2.18. The molecule has 0 aliphatic rings. The standard InChI is InChI=1S/C15H15Cl2N3O3/c1-3-23-8-7-12(21)18-14-9(2)15(22)20(19-14)13-10(16)5-4-6-11(13)17/h4-8,19H,3H2,1-2H3,(H,18,21). The van der Waals surface area contributed by atoms with Crippen LogP contribution >= 0.6 is 23.2 Å². The maximum atomic E-state index is 12.4. The summed E-state index contributed by atoms with van der Waals surface area (Å²) >= 11 is 12.2. The minimum absolute atomic E-state index is 0.261. The molecule has 0 aliphatic carbocycles. The van der Waals surface area contributed by atoms with Crippen molar-refractivity contribution in [1.82, 2.24) is 9.78 Å². The molecule has 0 atom stereocenters. The highest BCUT2D eigenvalue weighted by molar-refractivity contribution is 6.37. The molecule has 0 bridgehead atoms. The van der Waals surface area contributed by atoms with Gasteiger partial charge in [0.25, 0.3) is 11.5 Å². The smallest absolute Gasteiger partial charge is 0.276 e. The van der Waals surface area contributed by atoms with Gasteiger partial charge in [0.2, 0.25) is 0 Å². The number of halogens is 2. The molecule has 0 fully saturated rings. The van der Waals surface area contributed by atoms with Crippen LogP contribution in [0.15, 0.2) is 35.3 Å². The van der Waals surface area contributed by atoms with Gasteiger partial charge in [-0.1, -0.05) is 29.3 Å². The lowest BCUT2D eigenvalue weighted by atomic mass is 10.3. The Labute approximate surface area is 142 Å². The molecule has 0 radical (unpaired) electrons. The Morgan fingerprint density at radius 3 is 2.65 bits per heavy atom. The number of anilines is 1. The third-order valence-corrected chi connectivity index (χ3v) is 3.62. The zero-order chi connectivity index (χ0) is 17.0. The maximum Gasteiger partial charge on any atom is 0.276 e. The zero-order valence-corrected chi connectivity index (χ0v) is 14.0. The van der Waals surface area contributed by atoms with E-state index in [9.17, 15) is 9.59 Å². The van der Waals surface area contributed by atoms with Gasteiger partial charge in [0.1, 0.15) is 11.5 Å². The second kappa shape index (κ2) is 7.39. The number of rotatable bonds is 5. The van der Waals surface area contributed by atoms with E-state index in [1.807, 2.05) is 0 Å². The summed E-state index contributed by atoms with van der Waals surface area (Å²) in [6, 6.07) is 4.92. The van der Waals surface area contributed by atoms with E-state index in [1.165, 1.54) is 17.0 Å². The number of ether oxygens (including phenoxy) is 1. The summed E-state index contributed by atoms with van der Waals surface area (Å²) in [5.74, 6) is -0.169. The van der Waals surface area contributed by atoms with E-state index < -0.39 is 5.91 Å². The van der Waals surface area contributed by atoms with Gasteiger partial charge >= 0.3 is 0 Å². The van der Waals surface area contributed by atoms with Crippen LogP contribution in [0.2, 0.25) is 10.0 Å². The molecule has 1 heterocycles. The van der Waals surface area contributed by atoms with Gasteiger partial charge in [-0.25, -0.2) is 4.68 Å². The summed E-state index contributed by atoms with van der Waals surface area (Å²) in [5.41, 5.74) is 0.303. The lowest BCUT2D eigenvalue weighted by Gasteiger charge is -2.06. The van der Waals surface area contributed by atoms with E-state index >= 15 is 0 Å². The molecule has 2 rings (SSSR count). The highest BCUT2D eigenvalue weighted by Gasteiger charge is 2.16. The summed E-state index contributed by atoms with van der Waals surface area (Å²) in [6.07, 6.45) is 2.51. The molecule has 0 saturated heterocycles. The molecule has 1 aromatic heterocycles. The van der Waals surface area contributed by atoms with Gasteiger partial charge < -0.3 is 10.1 Å². The number of carbonyl (C=O) groups excluding carboxylic acids is 1. The number of H-pyrrole nitrogens is 1. The first-order valence-electron chi connectivity index (χ1n) is 6.80. The predicted octanol–water partition coefficient (Wildman–Crippen LogP) is 3.27. The SMILES string of the molecule is CCOC=CC(=O)Nc1[nH]n(-c2c(Cl)cccc2Cl)c(=O)c1C. The van der Waals surface area contributed by atoms with Crippen LogP contribution in [0.4, 0.5) is 5.82 Å². The molecule has 1 aromatic carbocycles. The molecule has 0 spiro atoms. The summed E-state index contributed by atoms with van der Waals surface area (Å²) in [4.78, 5) is 24.1. The number of nitrogens with zero attached hydrogens (tertiary/aromatic N) is 1. The van der Waals surface area contributed by atoms with Crippen molar-refractivity contribution in [3.8, 4) is 5.69 Å². The molecule has 2 aromatic rings. The maximum absolute atomic E-state index is 12.4. The highest BCUT2D eigenvalue weighted by Crippen LogP contribution is 2.27. The Balaban J connectivity index is 2.36. The Bertz CT molecular complexity index is 789. The summed E-state index contributed by atoms with van der Waals surface area (Å²) < 4.78 is 6.14. The fourth-order valence-electron chi connectivity index (χ4n) is 1.87. The number of benzene rings is 1. The fraction of sp³-hybridized carbons (Fsp3) is 0.200. The molecule has 23 heavy (non-hydrogen) atoms. The molecule has 0 saturated carbocycles. The fourth-order valence-corrected chi connectivity index (χ4v) is 2.44. The largest absolute Gasteiger partial charge is 0.501 e. The monoisotopic (exact) mass is 355 g/mol. The first-order valence-corrected chi connectivity index (χ1v) is 7.56. The second-order valence-corrected chi connectivity index (χ2v) is 5.38. The number of carbonyl (C=O) groups is 1. The average Bonchev–Trinajstić information content (AvgIpc) is 2.76. The summed E-state index contributed by atoms with van der Waals surface area (Å²) in [6.45, 7) is 3.85. The van der Waals surface area contributed by atoms with Crippen LogP contribution in [0.5, 0.6) is 0 Å². The summed E-state index contributed by atoms with van der Waals surface area (Å²) in [5, 5.41) is 6.00. The number of nitrogens with one attached hydrogen (secondary N) is 2. The Kier molecular flexibility index (Phi) is 5.52. The van der Waals surface area contributed by atoms with Crippen LogP contribution < -0.4 is 10.9 Å². The molecule has 122 valence electrons. The van der Waals surface area contributed by atoms with Crippen molar-refractivity contribution in [2.24, 2.45) is 0 Å². The molecule has 1 amide bonds. The van der Waals surface area contributed by atoms with Gasteiger partial charge in [0.05, 0.1) is 28.5 Å². The third kappa shape index (κ3) is 3.78. The van der Waals surface area contributed by atoms with Crippen molar-refractivity contribution >= 4 is 34.9 Å². The predicted molar refractivity (Wildman–Crippen MR) is 90.5 cm³/mol. The van der Waals surface area contributed by atoms with Gasteiger partial charge in [0.15, 0.2) is 0 Å². The first kappa shape index (κ1) is 17.2. The lowest BCUT2D eigenvalue weighted by Crippen LogP contribution is -2.16.